The van der Waals surface area contributed by atoms with E-state index in [-0.39, 0.29) is 5.75 Å². The largest absolute Gasteiger partial charge is 0.382 e. The van der Waals surface area contributed by atoms with Crippen molar-refractivity contribution in [2.24, 2.45) is 0 Å². The van der Waals surface area contributed by atoms with E-state index in [4.69, 9.17) is 4.18 Å². The SMILES string of the molecule is O=S(=O)(CCN1CCN(c2ncccn2)CC1)Oc1ccccc1. The first-order valence-corrected chi connectivity index (χ1v) is 9.42. The molecule has 1 aromatic heterocycles. The first-order chi connectivity index (χ1) is 11.6. The molecule has 0 unspecified atom stereocenters. The molecule has 0 radical (unpaired) electrons. The maximum Gasteiger partial charge on any atom is 0.310 e. The zero-order valence-corrected chi connectivity index (χ0v) is 14.1. The first-order valence-electron chi connectivity index (χ1n) is 7.84. The third-order valence-corrected chi connectivity index (χ3v) is 4.96. The van der Waals surface area contributed by atoms with E-state index in [1.165, 1.54) is 0 Å². The van der Waals surface area contributed by atoms with Gasteiger partial charge in [0.1, 0.15) is 5.75 Å². The third-order valence-electron chi connectivity index (χ3n) is 3.83. The second-order valence-corrected chi connectivity index (χ2v) is 7.23. The van der Waals surface area contributed by atoms with Gasteiger partial charge in [0.2, 0.25) is 5.95 Å². The number of nitrogens with zero attached hydrogens (tertiary/aromatic N) is 4. The zero-order valence-electron chi connectivity index (χ0n) is 13.3. The molecule has 1 aromatic carbocycles. The highest BCUT2D eigenvalue weighted by Gasteiger charge is 2.21. The molecule has 0 spiro atoms. The fraction of sp³-hybridized carbons (Fsp3) is 0.375. The van der Waals surface area contributed by atoms with Gasteiger partial charge in [-0.3, -0.25) is 4.90 Å². The van der Waals surface area contributed by atoms with Crippen LogP contribution in [0.15, 0.2) is 48.8 Å². The van der Waals surface area contributed by atoms with Gasteiger partial charge >= 0.3 is 10.1 Å². The Morgan fingerprint density at radius 3 is 2.29 bits per heavy atom. The fourth-order valence-corrected chi connectivity index (χ4v) is 3.50. The van der Waals surface area contributed by atoms with Crippen LogP contribution in [0.3, 0.4) is 0 Å². The summed E-state index contributed by atoms with van der Waals surface area (Å²) in [7, 11) is -3.58. The maximum atomic E-state index is 12.0. The van der Waals surface area contributed by atoms with Crippen LogP contribution < -0.4 is 9.08 Å². The molecule has 0 bridgehead atoms. The predicted octanol–water partition coefficient (Wildman–Crippen LogP) is 1.01. The standard InChI is InChI=1S/C16H20N4O3S/c21-24(22,23-15-5-2-1-3-6-15)14-13-19-9-11-20(12-10-19)16-17-7-4-8-18-16/h1-8H,9-14H2. The summed E-state index contributed by atoms with van der Waals surface area (Å²) < 4.78 is 29.2. The Kier molecular flexibility index (Phi) is 5.27. The Balaban J connectivity index is 1.46. The molecule has 1 fully saturated rings. The normalized spacial score (nSPS) is 16.1. The Morgan fingerprint density at radius 2 is 1.62 bits per heavy atom. The van der Waals surface area contributed by atoms with Crippen molar-refractivity contribution in [3.05, 3.63) is 48.8 Å². The van der Waals surface area contributed by atoms with Gasteiger partial charge < -0.3 is 9.08 Å². The first kappa shape index (κ1) is 16.7. The van der Waals surface area contributed by atoms with Crippen molar-refractivity contribution in [3.63, 3.8) is 0 Å². The molecule has 0 N–H and O–H groups in total. The van der Waals surface area contributed by atoms with Crippen LogP contribution in [0.25, 0.3) is 0 Å². The molecule has 0 atom stereocenters. The molecular weight excluding hydrogens is 328 g/mol. The van der Waals surface area contributed by atoms with E-state index in [1.807, 2.05) is 6.07 Å². The predicted molar refractivity (Wildman–Crippen MR) is 91.5 cm³/mol. The molecule has 7 nitrogen and oxygen atoms in total. The molecule has 1 aliphatic heterocycles. The minimum Gasteiger partial charge on any atom is -0.382 e. The van der Waals surface area contributed by atoms with Gasteiger partial charge in [-0.1, -0.05) is 18.2 Å². The van der Waals surface area contributed by atoms with Crippen molar-refractivity contribution in [2.75, 3.05) is 43.4 Å². The molecule has 1 aliphatic rings. The second kappa shape index (κ2) is 7.59. The third kappa shape index (κ3) is 4.65. The van der Waals surface area contributed by atoms with Gasteiger partial charge in [-0.2, -0.15) is 8.42 Å². The minimum atomic E-state index is -3.58. The van der Waals surface area contributed by atoms with Crippen molar-refractivity contribution < 1.29 is 12.6 Å². The van der Waals surface area contributed by atoms with E-state index in [9.17, 15) is 8.42 Å². The Hall–Kier alpha value is -2.19. The molecule has 3 rings (SSSR count). The van der Waals surface area contributed by atoms with Gasteiger partial charge in [0.15, 0.2) is 0 Å². The van der Waals surface area contributed by atoms with E-state index in [2.05, 4.69) is 19.8 Å². The molecule has 0 amide bonds. The monoisotopic (exact) mass is 348 g/mol. The number of rotatable bonds is 6. The molecule has 1 saturated heterocycles. The van der Waals surface area contributed by atoms with E-state index in [0.717, 1.165) is 32.1 Å². The van der Waals surface area contributed by atoms with E-state index < -0.39 is 10.1 Å². The lowest BCUT2D eigenvalue weighted by Crippen LogP contribution is -2.48. The topological polar surface area (TPSA) is 75.6 Å². The molecule has 2 aromatic rings. The zero-order chi connectivity index (χ0) is 16.8. The molecular formula is C16H20N4O3S. The smallest absolute Gasteiger partial charge is 0.310 e. The van der Waals surface area contributed by atoms with Crippen LogP contribution in [0.5, 0.6) is 5.75 Å². The number of hydrogen-bond donors (Lipinski definition) is 0. The van der Waals surface area contributed by atoms with Crippen molar-refractivity contribution >= 4 is 16.1 Å². The van der Waals surface area contributed by atoms with Crippen LogP contribution in [0, 0.1) is 0 Å². The lowest BCUT2D eigenvalue weighted by molar-refractivity contribution is 0.269. The van der Waals surface area contributed by atoms with Crippen LogP contribution in [0.2, 0.25) is 0 Å². The summed E-state index contributed by atoms with van der Waals surface area (Å²) >= 11 is 0. The fourth-order valence-electron chi connectivity index (χ4n) is 2.53. The lowest BCUT2D eigenvalue weighted by Gasteiger charge is -2.34. The molecule has 0 saturated carbocycles. The van der Waals surface area contributed by atoms with E-state index in [1.54, 1.807) is 42.7 Å². The summed E-state index contributed by atoms with van der Waals surface area (Å²) in [5.41, 5.74) is 0. The summed E-state index contributed by atoms with van der Waals surface area (Å²) in [6, 6.07) is 10.4. The number of anilines is 1. The minimum absolute atomic E-state index is 0.0241. The van der Waals surface area contributed by atoms with E-state index in [0.29, 0.717) is 12.3 Å². The molecule has 0 aliphatic carbocycles. The summed E-state index contributed by atoms with van der Waals surface area (Å²) in [5.74, 6) is 1.05. The number of piperazine rings is 1. The van der Waals surface area contributed by atoms with Gasteiger partial charge in [-0.25, -0.2) is 9.97 Å². The van der Waals surface area contributed by atoms with Crippen LogP contribution in [0.4, 0.5) is 5.95 Å². The van der Waals surface area contributed by atoms with E-state index >= 15 is 0 Å². The summed E-state index contributed by atoms with van der Waals surface area (Å²) in [6.07, 6.45) is 3.45. The Bertz CT molecular complexity index is 732. The molecule has 8 heteroatoms. The Morgan fingerprint density at radius 1 is 0.958 bits per heavy atom. The lowest BCUT2D eigenvalue weighted by atomic mass is 10.3. The van der Waals surface area contributed by atoms with Gasteiger partial charge in [-0.15, -0.1) is 0 Å². The average Bonchev–Trinajstić information content (AvgIpc) is 2.62. The average molecular weight is 348 g/mol. The van der Waals surface area contributed by atoms with Crippen molar-refractivity contribution in [2.45, 2.75) is 0 Å². The second-order valence-electron chi connectivity index (χ2n) is 5.54. The van der Waals surface area contributed by atoms with Crippen LogP contribution in [-0.4, -0.2) is 61.8 Å². The molecule has 24 heavy (non-hydrogen) atoms. The van der Waals surface area contributed by atoms with Crippen LogP contribution >= 0.6 is 0 Å². The van der Waals surface area contributed by atoms with Crippen LogP contribution in [-0.2, 0) is 10.1 Å². The highest BCUT2D eigenvalue weighted by atomic mass is 32.2. The molecule has 2 heterocycles. The van der Waals surface area contributed by atoms with Gasteiger partial charge in [0.25, 0.3) is 0 Å². The van der Waals surface area contributed by atoms with Gasteiger partial charge in [-0.05, 0) is 18.2 Å². The molecule has 128 valence electrons. The van der Waals surface area contributed by atoms with Crippen LogP contribution in [0.1, 0.15) is 0 Å². The maximum absolute atomic E-state index is 12.0. The summed E-state index contributed by atoms with van der Waals surface area (Å²) in [6.45, 7) is 3.57. The van der Waals surface area contributed by atoms with Gasteiger partial charge in [0, 0.05) is 45.1 Å². The summed E-state index contributed by atoms with van der Waals surface area (Å²) in [5, 5.41) is 0. The number of para-hydroxylation sites is 1. The number of benzene rings is 1. The summed E-state index contributed by atoms with van der Waals surface area (Å²) in [4.78, 5) is 12.7. The quantitative estimate of drug-likeness (QED) is 0.721. The van der Waals surface area contributed by atoms with Crippen molar-refractivity contribution in [3.8, 4) is 5.75 Å². The number of hydrogen-bond acceptors (Lipinski definition) is 7. The van der Waals surface area contributed by atoms with Gasteiger partial charge in [0.05, 0.1) is 5.75 Å². The highest BCUT2D eigenvalue weighted by Crippen LogP contribution is 2.13. The van der Waals surface area contributed by atoms with Crippen molar-refractivity contribution in [1.29, 1.82) is 0 Å². The highest BCUT2D eigenvalue weighted by molar-refractivity contribution is 7.87. The number of aromatic nitrogens is 2. The van der Waals surface area contributed by atoms with Crippen molar-refractivity contribution in [1.82, 2.24) is 14.9 Å². The Labute approximate surface area is 142 Å².